The molecule has 0 N–H and O–H groups in total. The largest absolute Gasteiger partial charge is 0.256 e. The average Bonchev–Trinajstić information content (AvgIpc) is 3.72. The predicted molar refractivity (Wildman–Crippen MR) is 378 cm³/mol. The minimum Gasteiger partial charge on any atom is -0.256 e. The van der Waals surface area contributed by atoms with Crippen LogP contribution in [0.2, 0.25) is 0 Å². The molecule has 15 rings (SSSR count). The van der Waals surface area contributed by atoms with E-state index >= 15 is 0 Å². The van der Waals surface area contributed by atoms with Crippen molar-refractivity contribution in [3.05, 3.63) is 364 Å². The summed E-state index contributed by atoms with van der Waals surface area (Å²) in [6.45, 7) is 0. The average molecular weight is 1360 g/mol. The number of rotatable bonds is 12. The first-order valence-electron chi connectivity index (χ1n) is 29.2. The van der Waals surface area contributed by atoms with E-state index in [-0.39, 0.29) is 20.1 Å². The van der Waals surface area contributed by atoms with Crippen LogP contribution in [0.3, 0.4) is 0 Å². The van der Waals surface area contributed by atoms with E-state index < -0.39 is 23.8 Å². The molecule has 88 heavy (non-hydrogen) atoms. The first-order chi connectivity index (χ1) is 43.2. The Bertz CT molecular complexity index is 4100. The smallest absolute Gasteiger partial charge is 0.0780 e. The van der Waals surface area contributed by atoms with E-state index in [1.165, 1.54) is 96.7 Å². The third-order valence-corrected chi connectivity index (χ3v) is 22.5. The number of nitrogens with zero attached hydrogens (tertiary/aromatic N) is 3. The second kappa shape index (κ2) is 29.0. The Morgan fingerprint density at radius 2 is 0.386 bits per heavy atom. The monoisotopic (exact) mass is 1360 g/mol. The summed E-state index contributed by atoms with van der Waals surface area (Å²) in [5.74, 6) is 0. The maximum absolute atomic E-state index is 4.73. The molecule has 0 fully saturated rings. The number of pyridine rings is 3. The first-order valence-corrected chi connectivity index (χ1v) is 33.3. The molecule has 1 radical (unpaired) electrons. The molecule has 3 nitrogen and oxygen atoms in total. The van der Waals surface area contributed by atoms with Gasteiger partial charge < -0.3 is 0 Å². The molecule has 0 saturated carbocycles. The van der Waals surface area contributed by atoms with Gasteiger partial charge >= 0.3 is 0 Å². The van der Waals surface area contributed by atoms with Crippen molar-refractivity contribution < 1.29 is 20.1 Å². The van der Waals surface area contributed by atoms with Crippen LogP contribution in [0, 0.1) is 0 Å². The second-order valence-corrected chi connectivity index (χ2v) is 27.5. The van der Waals surface area contributed by atoms with Crippen molar-refractivity contribution in [2.45, 2.75) is 0 Å². The summed E-state index contributed by atoms with van der Waals surface area (Å²) in [6.07, 6.45) is 5.71. The van der Waals surface area contributed by atoms with Crippen molar-refractivity contribution in [3.8, 4) is 33.8 Å². The van der Waals surface area contributed by atoms with Crippen molar-refractivity contribution in [2.24, 2.45) is 0 Å². The van der Waals surface area contributed by atoms with E-state index in [9.17, 15) is 0 Å². The van der Waals surface area contributed by atoms with Gasteiger partial charge in [-0.05, 0) is 124 Å². The fourth-order valence-corrected chi connectivity index (χ4v) is 18.2. The normalized spacial score (nSPS) is 10.9. The van der Waals surface area contributed by atoms with Crippen LogP contribution >= 0.6 is 23.8 Å². The third-order valence-electron chi connectivity index (χ3n) is 15.2. The topological polar surface area (TPSA) is 38.7 Å². The molecule has 0 aliphatic heterocycles. The molecule has 0 amide bonds. The van der Waals surface area contributed by atoms with Crippen LogP contribution in [0.4, 0.5) is 0 Å². The van der Waals surface area contributed by atoms with Crippen molar-refractivity contribution in [1.29, 1.82) is 0 Å². The molecule has 15 aromatic rings. The molecule has 0 aliphatic rings. The minimum atomic E-state index is -0.624. The van der Waals surface area contributed by atoms with Crippen LogP contribution < -0.4 is 47.7 Å². The molecule has 0 saturated heterocycles. The van der Waals surface area contributed by atoms with Crippen molar-refractivity contribution in [3.63, 3.8) is 0 Å². The fraction of sp³-hybridized carbons (Fsp3) is 0. The molecule has 12 aromatic carbocycles. The zero-order valence-electron chi connectivity index (χ0n) is 48.2. The SMILES string of the molecule is [Ir].c1ccc(P(c2ccccc2)c2cccc(-c3nccc4ccccc34)c2)cc1.c1ccc(P(c2ccccc2)c2cccc(-c3nccc4ccccc34)c2)cc1.c1ccc(P(c2ccccc2)c2cccc(-c3nccc4ccccc34)c2)cc1. The van der Waals surface area contributed by atoms with Crippen LogP contribution in [0.1, 0.15) is 0 Å². The summed E-state index contributed by atoms with van der Waals surface area (Å²) >= 11 is 0. The summed E-state index contributed by atoms with van der Waals surface area (Å²) in [5, 5.41) is 19.4. The van der Waals surface area contributed by atoms with E-state index in [0.29, 0.717) is 0 Å². The van der Waals surface area contributed by atoms with Gasteiger partial charge in [0.2, 0.25) is 0 Å². The number of aromatic nitrogens is 3. The van der Waals surface area contributed by atoms with Gasteiger partial charge in [-0.15, -0.1) is 0 Å². The quantitative estimate of drug-likeness (QED) is 0.114. The standard InChI is InChI=1S/3C27H20NP.Ir/c3*1-3-12-23(13-4-1)29(24-14-5-2-6-15-24)25-16-9-11-22(20-25)27-26-17-8-7-10-21(26)18-19-28-27;/h3*1-20H;. The van der Waals surface area contributed by atoms with Crippen LogP contribution in [0.5, 0.6) is 0 Å². The molecule has 0 unspecified atom stereocenters. The zero-order valence-corrected chi connectivity index (χ0v) is 53.2. The Kier molecular flexibility index (Phi) is 19.5. The molecule has 0 bridgehead atoms. The van der Waals surface area contributed by atoms with E-state index in [4.69, 9.17) is 15.0 Å². The Labute approximate surface area is 533 Å². The van der Waals surface area contributed by atoms with Crippen molar-refractivity contribution in [2.75, 3.05) is 0 Å². The molecule has 3 aromatic heterocycles. The van der Waals surface area contributed by atoms with E-state index in [0.717, 1.165) is 17.1 Å². The number of hydrogen-bond acceptors (Lipinski definition) is 3. The van der Waals surface area contributed by atoms with Gasteiger partial charge in [0, 0.05) is 71.5 Å². The van der Waals surface area contributed by atoms with E-state index in [1.54, 1.807) is 0 Å². The molecule has 7 heteroatoms. The third kappa shape index (κ3) is 13.7. The second-order valence-electron chi connectivity index (χ2n) is 20.8. The summed E-state index contributed by atoms with van der Waals surface area (Å²) in [6, 6.07) is 123. The maximum atomic E-state index is 4.73. The van der Waals surface area contributed by atoms with Crippen LogP contribution in [-0.2, 0) is 20.1 Å². The van der Waals surface area contributed by atoms with Gasteiger partial charge in [0.15, 0.2) is 0 Å². The summed E-state index contributed by atoms with van der Waals surface area (Å²) < 4.78 is 0. The van der Waals surface area contributed by atoms with Gasteiger partial charge in [-0.2, -0.15) is 0 Å². The Morgan fingerprint density at radius 3 is 0.625 bits per heavy atom. The van der Waals surface area contributed by atoms with E-state index in [2.05, 4.69) is 346 Å². The maximum Gasteiger partial charge on any atom is 0.0780 e. The Balaban J connectivity index is 0.000000128. The molecule has 3 heterocycles. The van der Waals surface area contributed by atoms with Crippen molar-refractivity contribution in [1.82, 2.24) is 15.0 Å². The number of benzene rings is 12. The van der Waals surface area contributed by atoms with Gasteiger partial charge in [0.05, 0.1) is 17.1 Å². The Hall–Kier alpha value is -9.19. The zero-order chi connectivity index (χ0) is 58.4. The predicted octanol–water partition coefficient (Wildman–Crippen LogP) is 17.0. The van der Waals surface area contributed by atoms with Crippen LogP contribution in [0.15, 0.2) is 364 Å². The Morgan fingerprint density at radius 1 is 0.182 bits per heavy atom. The van der Waals surface area contributed by atoms with Gasteiger partial charge in [0.25, 0.3) is 0 Å². The molecule has 0 spiro atoms. The summed E-state index contributed by atoms with van der Waals surface area (Å²) in [4.78, 5) is 14.2. The van der Waals surface area contributed by atoms with Crippen LogP contribution in [0.25, 0.3) is 66.1 Å². The molecular weight excluding hydrogens is 1300 g/mol. The van der Waals surface area contributed by atoms with Crippen LogP contribution in [-0.4, -0.2) is 15.0 Å². The molecule has 423 valence electrons. The van der Waals surface area contributed by atoms with Gasteiger partial charge in [-0.1, -0.05) is 309 Å². The summed E-state index contributed by atoms with van der Waals surface area (Å²) in [7, 11) is -1.87. The first kappa shape index (κ1) is 59.2. The molecule has 0 atom stereocenters. The van der Waals surface area contributed by atoms with E-state index in [1.807, 2.05) is 18.6 Å². The molecular formula is C81H60IrN3P3. The molecule has 0 aliphatic carbocycles. The van der Waals surface area contributed by atoms with Gasteiger partial charge in [-0.25, -0.2) is 0 Å². The fourth-order valence-electron chi connectivity index (χ4n) is 11.2. The van der Waals surface area contributed by atoms with Gasteiger partial charge in [-0.3, -0.25) is 15.0 Å². The number of fused-ring (bicyclic) bond motifs is 3. The van der Waals surface area contributed by atoms with Gasteiger partial charge in [0.1, 0.15) is 0 Å². The minimum absolute atomic E-state index is 0. The van der Waals surface area contributed by atoms with Crippen molar-refractivity contribution >= 4 is 104 Å². The summed E-state index contributed by atoms with van der Waals surface area (Å²) in [5.41, 5.74) is 6.62. The number of hydrogen-bond donors (Lipinski definition) is 0.